The molecular weight excluding hydrogens is 1090 g/mol. The van der Waals surface area contributed by atoms with E-state index in [2.05, 4.69) is 52.6 Å². The molecule has 21 heteroatoms. The molecule has 440 valence electrons. The summed E-state index contributed by atoms with van der Waals surface area (Å²) < 4.78 is 20.0. The number of aromatic nitrogens is 3. The summed E-state index contributed by atoms with van der Waals surface area (Å²) in [5, 5.41) is 23.2. The summed E-state index contributed by atoms with van der Waals surface area (Å²) in [5.74, 6) is -0.707. The lowest BCUT2D eigenvalue weighted by molar-refractivity contribution is -0.144. The molecule has 18 nitrogen and oxygen atoms in total. The van der Waals surface area contributed by atoms with Gasteiger partial charge in [-0.25, -0.2) is 19.3 Å². The van der Waals surface area contributed by atoms with Gasteiger partial charge >= 0.3 is 0 Å². The van der Waals surface area contributed by atoms with Gasteiger partial charge in [0.05, 0.1) is 45.0 Å². The Bertz CT molecular complexity index is 3010. The average molecular weight is 1160 g/mol. The zero-order chi connectivity index (χ0) is 58.3. The minimum absolute atomic E-state index is 0.0199. The van der Waals surface area contributed by atoms with Gasteiger partial charge in [0.1, 0.15) is 35.8 Å². The Morgan fingerprint density at radius 2 is 1.62 bits per heavy atom. The summed E-state index contributed by atoms with van der Waals surface area (Å²) in [6.45, 7) is 18.0. The van der Waals surface area contributed by atoms with Crippen LogP contribution in [-0.2, 0) is 30.5 Å². The number of aryl methyl sites for hydroxylation is 1. The van der Waals surface area contributed by atoms with Crippen LogP contribution in [0, 0.1) is 18.2 Å². The quantitative estimate of drug-likeness (QED) is 0.0273. The molecule has 0 radical (unpaired) electrons. The number of likely N-dealkylation sites (tertiary alicyclic amines) is 2. The number of amides is 5. The maximum Gasteiger partial charge on any atom is 0.247 e. The number of unbranched alkanes of at least 4 members (excludes halogenated alkanes) is 5. The fourth-order valence-electron chi connectivity index (χ4n) is 11.1. The molecule has 0 spiro atoms. The van der Waals surface area contributed by atoms with Gasteiger partial charge in [-0.2, -0.15) is 0 Å². The normalized spacial score (nSPS) is 17.6. The summed E-state index contributed by atoms with van der Waals surface area (Å²) in [6.07, 6.45) is 10.9. The van der Waals surface area contributed by atoms with Crippen LogP contribution in [0.4, 0.5) is 21.6 Å². The molecule has 5 heterocycles. The van der Waals surface area contributed by atoms with Crippen molar-refractivity contribution in [2.45, 2.75) is 136 Å². The Hall–Kier alpha value is -6.58. The van der Waals surface area contributed by atoms with Gasteiger partial charge in [0, 0.05) is 88.3 Å². The number of anilines is 3. The summed E-state index contributed by atoms with van der Waals surface area (Å²) in [6, 6.07) is 14.5. The van der Waals surface area contributed by atoms with Crippen molar-refractivity contribution >= 4 is 80.6 Å². The number of β-amino-alcohol motifs (C(OH)–C–C–N with tert-alkyl or cyclic N) is 1. The van der Waals surface area contributed by atoms with Crippen molar-refractivity contribution in [1.29, 1.82) is 0 Å². The number of piperidine rings is 1. The van der Waals surface area contributed by atoms with Gasteiger partial charge in [0.15, 0.2) is 0 Å². The standard InChI is InChI=1S/C61H79ClFN11O7S/c1-6-53(76)69-50-34-46-49(65-38-66-58(46)68-43-20-21-48(63)47(62)32-43)35-52(50)81-31-13-24-71-25-22-44(23-26-71)72-27-29-73(30-28-72)55(78)15-12-10-8-7-9-11-14-54(77)70-57(61(3,4)5)60(80)74-37-45(75)33-51(74)59(79)64-36-41-16-18-42(19-17-41)56-40(2)67-39-82-56/h6,16-21,32,34-35,38-39,44-45,51,57,75H,1,7-15,22-31,33,36-37H2,2-5H3,(H,64,79)(H,69,76)(H,70,77)(H,65,66,68)/t45-,51+,57?/m1/s1. The second-order valence-electron chi connectivity index (χ2n) is 22.8. The number of ether oxygens (including phenoxy) is 1. The summed E-state index contributed by atoms with van der Waals surface area (Å²) >= 11 is 7.58. The molecule has 3 saturated heterocycles. The smallest absolute Gasteiger partial charge is 0.247 e. The van der Waals surface area contributed by atoms with Gasteiger partial charge < -0.3 is 45.8 Å². The summed E-state index contributed by atoms with van der Waals surface area (Å²) in [5.41, 5.74) is 5.70. The lowest BCUT2D eigenvalue weighted by atomic mass is 9.85. The van der Waals surface area contributed by atoms with E-state index in [1.165, 1.54) is 29.4 Å². The van der Waals surface area contributed by atoms with E-state index in [9.17, 15) is 33.5 Å². The molecule has 0 bridgehead atoms. The molecule has 5 aromatic rings. The number of rotatable bonds is 25. The highest BCUT2D eigenvalue weighted by molar-refractivity contribution is 7.13. The number of aliphatic hydroxyl groups is 1. The summed E-state index contributed by atoms with van der Waals surface area (Å²) in [7, 11) is 0. The van der Waals surface area contributed by atoms with Crippen molar-refractivity contribution in [2.24, 2.45) is 5.41 Å². The Morgan fingerprint density at radius 3 is 2.30 bits per heavy atom. The number of halogens is 2. The molecule has 3 atom stereocenters. The van der Waals surface area contributed by atoms with Crippen molar-refractivity contribution in [1.82, 2.24) is 45.2 Å². The minimum Gasteiger partial charge on any atom is -0.491 e. The van der Waals surface area contributed by atoms with E-state index < -0.39 is 35.3 Å². The third-order valence-electron chi connectivity index (χ3n) is 15.7. The second-order valence-corrected chi connectivity index (χ2v) is 24.1. The van der Waals surface area contributed by atoms with Crippen LogP contribution >= 0.6 is 22.9 Å². The number of benzene rings is 3. The molecule has 5 amide bonds. The third kappa shape index (κ3) is 16.8. The fraction of sp³-hybridized carbons (Fsp3) is 0.508. The lowest BCUT2D eigenvalue weighted by Gasteiger charge is -2.42. The number of carbonyl (C=O) groups is 5. The van der Waals surface area contributed by atoms with Crippen LogP contribution < -0.4 is 26.0 Å². The Kier molecular flexibility index (Phi) is 21.8. The number of hydrogen-bond donors (Lipinski definition) is 5. The molecule has 3 aliphatic heterocycles. The third-order valence-corrected chi connectivity index (χ3v) is 17.0. The van der Waals surface area contributed by atoms with Crippen molar-refractivity contribution < 1.29 is 38.2 Å². The van der Waals surface area contributed by atoms with E-state index in [4.69, 9.17) is 16.3 Å². The van der Waals surface area contributed by atoms with Gasteiger partial charge in [-0.05, 0) is 99.0 Å². The second kappa shape index (κ2) is 29.1. The molecule has 82 heavy (non-hydrogen) atoms. The van der Waals surface area contributed by atoms with E-state index >= 15 is 0 Å². The SMILES string of the molecule is C=CC(=O)Nc1cc2c(Nc3ccc(F)c(Cl)c3)ncnc2cc1OCCCN1CCC(N2CCN(C(=O)CCCCCCCCC(=O)NC(C(=O)N3C[C@H](O)C[C@H]3C(=O)NCc3ccc(-c4scnc4C)cc3)C(C)(C)C)CC2)CC1. The average Bonchev–Trinajstić information content (AvgIpc) is 4.14. The van der Waals surface area contributed by atoms with Gasteiger partial charge in [-0.3, -0.25) is 28.9 Å². The highest BCUT2D eigenvalue weighted by Crippen LogP contribution is 2.35. The zero-order valence-electron chi connectivity index (χ0n) is 47.7. The predicted octanol–water partition coefficient (Wildman–Crippen LogP) is 9.03. The van der Waals surface area contributed by atoms with E-state index in [0.717, 1.165) is 119 Å². The lowest BCUT2D eigenvalue weighted by Crippen LogP contribution is -2.57. The molecule has 8 rings (SSSR count). The van der Waals surface area contributed by atoms with Gasteiger partial charge in [0.2, 0.25) is 29.5 Å². The van der Waals surface area contributed by atoms with Gasteiger partial charge in [0.25, 0.3) is 0 Å². The van der Waals surface area contributed by atoms with Crippen molar-refractivity contribution in [3.63, 3.8) is 0 Å². The molecule has 3 fully saturated rings. The first kappa shape index (κ1) is 61.5. The van der Waals surface area contributed by atoms with Gasteiger partial charge in [-0.15, -0.1) is 11.3 Å². The number of aliphatic hydroxyl groups excluding tert-OH is 1. The number of hydrogen-bond acceptors (Lipinski definition) is 14. The van der Waals surface area contributed by atoms with Crippen molar-refractivity contribution in [2.75, 3.05) is 69.6 Å². The van der Waals surface area contributed by atoms with Crippen LogP contribution in [0.25, 0.3) is 21.3 Å². The monoisotopic (exact) mass is 1160 g/mol. The van der Waals surface area contributed by atoms with Crippen LogP contribution in [0.2, 0.25) is 5.02 Å². The zero-order valence-corrected chi connectivity index (χ0v) is 49.3. The first-order valence-corrected chi connectivity index (χ1v) is 30.1. The van der Waals surface area contributed by atoms with E-state index in [0.29, 0.717) is 59.3 Å². The topological polar surface area (TPSA) is 215 Å². The molecule has 0 aliphatic carbocycles. The highest BCUT2D eigenvalue weighted by Gasteiger charge is 2.44. The van der Waals surface area contributed by atoms with Gasteiger partial charge in [-0.1, -0.05) is 88.9 Å². The molecule has 2 aromatic heterocycles. The van der Waals surface area contributed by atoms with E-state index in [-0.39, 0.29) is 54.6 Å². The van der Waals surface area contributed by atoms with Crippen LogP contribution in [-0.4, -0.2) is 152 Å². The fourth-order valence-corrected chi connectivity index (χ4v) is 12.0. The number of nitrogens with one attached hydrogen (secondary N) is 4. The minimum atomic E-state index is -0.871. The molecule has 1 unspecified atom stereocenters. The first-order chi connectivity index (χ1) is 39.4. The maximum absolute atomic E-state index is 14.1. The van der Waals surface area contributed by atoms with Crippen LogP contribution in [0.1, 0.15) is 109 Å². The van der Waals surface area contributed by atoms with Crippen molar-refractivity contribution in [3.8, 4) is 16.2 Å². The maximum atomic E-state index is 14.1. The van der Waals surface area contributed by atoms with E-state index in [1.54, 1.807) is 29.5 Å². The number of piperazine rings is 1. The number of fused-ring (bicyclic) bond motifs is 1. The number of nitrogens with zero attached hydrogens (tertiary/aromatic N) is 7. The van der Waals surface area contributed by atoms with Crippen LogP contribution in [0.15, 0.2) is 79.1 Å². The Balaban J connectivity index is 0.674. The Morgan fingerprint density at radius 1 is 0.902 bits per heavy atom. The molecular formula is C61H79ClFN11O7S. The highest BCUT2D eigenvalue weighted by atomic mass is 35.5. The number of carbonyl (C=O) groups excluding carboxylic acids is 5. The Labute approximate surface area is 489 Å². The molecule has 5 N–H and O–H groups in total. The predicted molar refractivity (Wildman–Crippen MR) is 319 cm³/mol. The number of thiazole rings is 1. The summed E-state index contributed by atoms with van der Waals surface area (Å²) in [4.78, 5) is 89.2. The van der Waals surface area contributed by atoms with Crippen LogP contribution in [0.5, 0.6) is 5.75 Å². The van der Waals surface area contributed by atoms with Crippen molar-refractivity contribution in [3.05, 3.63) is 101 Å². The van der Waals surface area contributed by atoms with E-state index in [1.807, 2.05) is 62.4 Å². The first-order valence-electron chi connectivity index (χ1n) is 28.8. The molecule has 3 aromatic carbocycles. The van der Waals surface area contributed by atoms with Crippen LogP contribution in [0.3, 0.4) is 0 Å². The largest absolute Gasteiger partial charge is 0.491 e. The molecule has 3 aliphatic rings. The molecule has 0 saturated carbocycles.